The SMILES string of the molecule is CCOC(=O)c1n[nH]nc1-c1cccc(OCc2cccc(C#N)c2)c1. The van der Waals surface area contributed by atoms with Crippen LogP contribution in [0.15, 0.2) is 48.5 Å². The minimum Gasteiger partial charge on any atom is -0.489 e. The third kappa shape index (κ3) is 3.87. The van der Waals surface area contributed by atoms with Gasteiger partial charge < -0.3 is 9.47 Å². The molecule has 0 amide bonds. The summed E-state index contributed by atoms with van der Waals surface area (Å²) in [7, 11) is 0. The van der Waals surface area contributed by atoms with Crippen LogP contribution in [0.1, 0.15) is 28.5 Å². The van der Waals surface area contributed by atoms with Crippen molar-refractivity contribution in [2.24, 2.45) is 0 Å². The second-order valence-corrected chi connectivity index (χ2v) is 5.37. The number of carbonyl (C=O) groups excluding carboxylic acids is 1. The van der Waals surface area contributed by atoms with Gasteiger partial charge in [0, 0.05) is 5.56 Å². The molecule has 0 spiro atoms. The van der Waals surface area contributed by atoms with E-state index in [1.54, 1.807) is 31.2 Å². The van der Waals surface area contributed by atoms with Crippen LogP contribution >= 0.6 is 0 Å². The van der Waals surface area contributed by atoms with E-state index in [2.05, 4.69) is 21.5 Å². The summed E-state index contributed by atoms with van der Waals surface area (Å²) in [6, 6.07) is 16.5. The number of nitrogens with one attached hydrogen (secondary N) is 1. The molecule has 0 aliphatic carbocycles. The number of esters is 1. The fraction of sp³-hybridized carbons (Fsp3) is 0.158. The minimum atomic E-state index is -0.532. The van der Waals surface area contributed by atoms with Crippen LogP contribution in [-0.2, 0) is 11.3 Å². The Hall–Kier alpha value is -3.66. The van der Waals surface area contributed by atoms with Gasteiger partial charge in [0.05, 0.1) is 18.2 Å². The maximum Gasteiger partial charge on any atom is 0.361 e. The number of rotatable bonds is 6. The molecule has 0 unspecified atom stereocenters. The monoisotopic (exact) mass is 348 g/mol. The Morgan fingerprint density at radius 3 is 2.85 bits per heavy atom. The zero-order valence-electron chi connectivity index (χ0n) is 14.1. The molecule has 0 radical (unpaired) electrons. The predicted octanol–water partition coefficient (Wildman–Crippen LogP) is 3.10. The summed E-state index contributed by atoms with van der Waals surface area (Å²) in [6.07, 6.45) is 0. The van der Waals surface area contributed by atoms with Crippen molar-refractivity contribution in [3.63, 3.8) is 0 Å². The maximum absolute atomic E-state index is 12.0. The Bertz CT molecular complexity index is 959. The van der Waals surface area contributed by atoms with E-state index in [0.717, 1.165) is 5.56 Å². The predicted molar refractivity (Wildman–Crippen MR) is 93.3 cm³/mol. The number of carbonyl (C=O) groups is 1. The van der Waals surface area contributed by atoms with E-state index in [9.17, 15) is 4.79 Å². The molecule has 130 valence electrons. The molecular formula is C19H16N4O3. The van der Waals surface area contributed by atoms with Crippen LogP contribution < -0.4 is 4.74 Å². The zero-order valence-corrected chi connectivity index (χ0v) is 14.1. The van der Waals surface area contributed by atoms with Gasteiger partial charge in [-0.25, -0.2) is 4.79 Å². The second kappa shape index (κ2) is 7.94. The second-order valence-electron chi connectivity index (χ2n) is 5.37. The van der Waals surface area contributed by atoms with Gasteiger partial charge in [-0.1, -0.05) is 24.3 Å². The topological polar surface area (TPSA) is 101 Å². The first kappa shape index (κ1) is 17.2. The Balaban J connectivity index is 1.78. The molecule has 7 nitrogen and oxygen atoms in total. The van der Waals surface area contributed by atoms with E-state index >= 15 is 0 Å². The zero-order chi connectivity index (χ0) is 18.4. The van der Waals surface area contributed by atoms with E-state index in [-0.39, 0.29) is 12.3 Å². The van der Waals surface area contributed by atoms with Gasteiger partial charge in [0.25, 0.3) is 0 Å². The van der Waals surface area contributed by atoms with Crippen molar-refractivity contribution in [3.05, 3.63) is 65.4 Å². The lowest BCUT2D eigenvalue weighted by Gasteiger charge is -2.08. The van der Waals surface area contributed by atoms with Gasteiger partial charge in [0.15, 0.2) is 5.69 Å². The highest BCUT2D eigenvalue weighted by Gasteiger charge is 2.19. The molecule has 0 saturated heterocycles. The highest BCUT2D eigenvalue weighted by Crippen LogP contribution is 2.25. The van der Waals surface area contributed by atoms with Gasteiger partial charge in [-0.15, -0.1) is 5.10 Å². The first-order chi connectivity index (χ1) is 12.7. The van der Waals surface area contributed by atoms with Crippen LogP contribution in [-0.4, -0.2) is 28.0 Å². The molecule has 26 heavy (non-hydrogen) atoms. The van der Waals surface area contributed by atoms with Crippen molar-refractivity contribution in [1.29, 1.82) is 5.26 Å². The maximum atomic E-state index is 12.0. The van der Waals surface area contributed by atoms with Gasteiger partial charge >= 0.3 is 5.97 Å². The molecule has 3 aromatic rings. The molecule has 0 aliphatic heterocycles. The lowest BCUT2D eigenvalue weighted by molar-refractivity contribution is 0.0520. The lowest BCUT2D eigenvalue weighted by atomic mass is 10.1. The van der Waals surface area contributed by atoms with Gasteiger partial charge in [-0.05, 0) is 36.8 Å². The number of ether oxygens (including phenoxy) is 2. The van der Waals surface area contributed by atoms with Crippen molar-refractivity contribution >= 4 is 5.97 Å². The molecule has 0 bridgehead atoms. The van der Waals surface area contributed by atoms with Crippen molar-refractivity contribution in [2.75, 3.05) is 6.61 Å². The van der Waals surface area contributed by atoms with Crippen molar-refractivity contribution in [3.8, 4) is 23.1 Å². The van der Waals surface area contributed by atoms with Crippen molar-refractivity contribution in [2.45, 2.75) is 13.5 Å². The molecule has 0 saturated carbocycles. The Labute approximate surface area is 150 Å². The normalized spacial score (nSPS) is 10.2. The van der Waals surface area contributed by atoms with Gasteiger partial charge in [0.1, 0.15) is 18.1 Å². The standard InChI is InChI=1S/C19H16N4O3/c1-2-25-19(24)18-17(21-23-22-18)15-7-4-8-16(10-15)26-12-14-6-3-5-13(9-14)11-20/h3-10H,2,12H2,1H3,(H,21,22,23). The van der Waals surface area contributed by atoms with Crippen LogP contribution in [0, 0.1) is 11.3 Å². The van der Waals surface area contributed by atoms with E-state index in [1.807, 2.05) is 24.3 Å². The third-order valence-corrected chi connectivity index (χ3v) is 3.59. The molecule has 7 heteroatoms. The van der Waals surface area contributed by atoms with Crippen LogP contribution in [0.2, 0.25) is 0 Å². The Morgan fingerprint density at radius 2 is 2.04 bits per heavy atom. The number of nitrogens with zero attached hydrogens (tertiary/aromatic N) is 3. The highest BCUT2D eigenvalue weighted by molar-refractivity contribution is 5.93. The number of benzene rings is 2. The molecule has 0 atom stereocenters. The van der Waals surface area contributed by atoms with E-state index in [4.69, 9.17) is 14.7 Å². The van der Waals surface area contributed by atoms with Gasteiger partial charge in [0.2, 0.25) is 0 Å². The molecule has 1 aromatic heterocycles. The molecule has 0 aliphatic rings. The van der Waals surface area contributed by atoms with Crippen LogP contribution in [0.25, 0.3) is 11.3 Å². The average molecular weight is 348 g/mol. The smallest absolute Gasteiger partial charge is 0.361 e. The largest absolute Gasteiger partial charge is 0.489 e. The van der Waals surface area contributed by atoms with E-state index in [0.29, 0.717) is 29.2 Å². The number of nitriles is 1. The Kier molecular flexibility index (Phi) is 5.25. The number of hydrogen-bond acceptors (Lipinski definition) is 6. The fourth-order valence-electron chi connectivity index (χ4n) is 2.40. The summed E-state index contributed by atoms with van der Waals surface area (Å²) in [5.74, 6) is 0.0820. The number of hydrogen-bond donors (Lipinski definition) is 1. The average Bonchev–Trinajstić information content (AvgIpc) is 3.17. The van der Waals surface area contributed by atoms with Gasteiger partial charge in [-0.3, -0.25) is 0 Å². The van der Waals surface area contributed by atoms with Crippen molar-refractivity contribution in [1.82, 2.24) is 15.4 Å². The summed E-state index contributed by atoms with van der Waals surface area (Å²) in [5.41, 5.74) is 2.70. The molecule has 0 fully saturated rings. The van der Waals surface area contributed by atoms with Crippen LogP contribution in [0.3, 0.4) is 0 Å². The molecule has 1 heterocycles. The summed E-state index contributed by atoms with van der Waals surface area (Å²) >= 11 is 0. The molecule has 3 rings (SSSR count). The highest BCUT2D eigenvalue weighted by atomic mass is 16.5. The first-order valence-corrected chi connectivity index (χ1v) is 8.01. The summed E-state index contributed by atoms with van der Waals surface area (Å²) < 4.78 is 10.8. The quantitative estimate of drug-likeness (QED) is 0.687. The third-order valence-electron chi connectivity index (χ3n) is 3.59. The number of aromatic nitrogens is 3. The number of aromatic amines is 1. The van der Waals surface area contributed by atoms with E-state index < -0.39 is 5.97 Å². The lowest BCUT2D eigenvalue weighted by Crippen LogP contribution is -2.06. The summed E-state index contributed by atoms with van der Waals surface area (Å²) in [6.45, 7) is 2.31. The van der Waals surface area contributed by atoms with Crippen LogP contribution in [0.4, 0.5) is 0 Å². The molecular weight excluding hydrogens is 332 g/mol. The minimum absolute atomic E-state index is 0.130. The fourth-order valence-corrected chi connectivity index (χ4v) is 2.40. The first-order valence-electron chi connectivity index (χ1n) is 8.01. The molecule has 2 aromatic carbocycles. The van der Waals surface area contributed by atoms with E-state index in [1.165, 1.54) is 0 Å². The van der Waals surface area contributed by atoms with Gasteiger partial charge in [-0.2, -0.15) is 15.6 Å². The Morgan fingerprint density at radius 1 is 1.19 bits per heavy atom. The summed E-state index contributed by atoms with van der Waals surface area (Å²) in [4.78, 5) is 12.0. The van der Waals surface area contributed by atoms with Crippen LogP contribution in [0.5, 0.6) is 5.75 Å². The molecule has 1 N–H and O–H groups in total. The number of H-pyrrole nitrogens is 1. The van der Waals surface area contributed by atoms with Crippen molar-refractivity contribution < 1.29 is 14.3 Å². The summed E-state index contributed by atoms with van der Waals surface area (Å²) in [5, 5.41) is 19.3.